The third kappa shape index (κ3) is 3.28. The number of hydrogen-bond donors (Lipinski definition) is 0. The lowest BCUT2D eigenvalue weighted by Crippen LogP contribution is -2.30. The Kier molecular flexibility index (Phi) is 5.37. The van der Waals surface area contributed by atoms with Gasteiger partial charge in [-0.3, -0.25) is 9.59 Å². The molecule has 2 heterocycles. The molecule has 1 aliphatic heterocycles. The molecule has 1 amide bonds. The molecule has 156 valence electrons. The highest BCUT2D eigenvalue weighted by atomic mass is 16.5. The van der Waals surface area contributed by atoms with Gasteiger partial charge in [-0.15, -0.1) is 0 Å². The highest BCUT2D eigenvalue weighted by Crippen LogP contribution is 2.39. The van der Waals surface area contributed by atoms with Crippen LogP contribution in [-0.2, 0) is 0 Å². The predicted octanol–water partition coefficient (Wildman–Crippen LogP) is 5.15. The van der Waals surface area contributed by atoms with E-state index < -0.39 is 6.04 Å². The lowest BCUT2D eigenvalue weighted by atomic mass is 9.96. The Labute approximate surface area is 176 Å². The normalized spacial score (nSPS) is 15.7. The quantitative estimate of drug-likeness (QED) is 0.569. The van der Waals surface area contributed by atoms with Crippen molar-refractivity contribution in [2.45, 2.75) is 46.6 Å². The van der Waals surface area contributed by atoms with Crippen LogP contribution < -0.4 is 10.2 Å². The molecule has 1 aliphatic rings. The van der Waals surface area contributed by atoms with Gasteiger partial charge in [0.2, 0.25) is 5.76 Å². The molecule has 0 saturated carbocycles. The van der Waals surface area contributed by atoms with Crippen LogP contribution in [0, 0.1) is 13.8 Å². The van der Waals surface area contributed by atoms with Crippen LogP contribution in [0.2, 0.25) is 0 Å². The molecule has 0 radical (unpaired) electrons. The summed E-state index contributed by atoms with van der Waals surface area (Å²) in [4.78, 5) is 28.6. The maximum Gasteiger partial charge on any atom is 0.290 e. The van der Waals surface area contributed by atoms with Gasteiger partial charge in [0.05, 0.1) is 23.6 Å². The zero-order valence-electron chi connectivity index (χ0n) is 18.0. The van der Waals surface area contributed by atoms with Crippen LogP contribution in [0.25, 0.3) is 11.0 Å². The average Bonchev–Trinajstić information content (AvgIpc) is 2.99. The third-order valence-corrected chi connectivity index (χ3v) is 5.52. The van der Waals surface area contributed by atoms with Gasteiger partial charge in [0.15, 0.2) is 5.43 Å². The molecule has 0 spiro atoms. The number of carbonyl (C=O) groups is 1. The largest absolute Gasteiger partial charge is 0.494 e. The molecule has 1 atom stereocenters. The van der Waals surface area contributed by atoms with Crippen molar-refractivity contribution in [3.05, 3.63) is 74.6 Å². The van der Waals surface area contributed by atoms with E-state index in [-0.39, 0.29) is 17.1 Å². The Morgan fingerprint density at radius 1 is 1.07 bits per heavy atom. The fourth-order valence-electron chi connectivity index (χ4n) is 4.33. The van der Waals surface area contributed by atoms with Gasteiger partial charge < -0.3 is 14.1 Å². The van der Waals surface area contributed by atoms with Crippen molar-refractivity contribution in [1.29, 1.82) is 0 Å². The van der Waals surface area contributed by atoms with Gasteiger partial charge in [-0.05, 0) is 61.6 Å². The Bertz CT molecular complexity index is 1180. The first-order chi connectivity index (χ1) is 14.5. The lowest BCUT2D eigenvalue weighted by molar-refractivity contribution is 0.0728. The van der Waals surface area contributed by atoms with Gasteiger partial charge in [0.25, 0.3) is 5.91 Å². The molecule has 2 aromatic carbocycles. The van der Waals surface area contributed by atoms with Crippen molar-refractivity contribution in [3.8, 4) is 5.75 Å². The van der Waals surface area contributed by atoms with Gasteiger partial charge in [-0.2, -0.15) is 0 Å². The molecule has 4 rings (SSSR count). The predicted molar refractivity (Wildman–Crippen MR) is 117 cm³/mol. The summed E-state index contributed by atoms with van der Waals surface area (Å²) < 4.78 is 11.9. The van der Waals surface area contributed by atoms with Crippen LogP contribution >= 0.6 is 0 Å². The van der Waals surface area contributed by atoms with E-state index in [0.717, 1.165) is 35.3 Å². The molecule has 0 N–H and O–H groups in total. The maximum atomic E-state index is 13.6. The smallest absolute Gasteiger partial charge is 0.290 e. The molecule has 30 heavy (non-hydrogen) atoms. The minimum atomic E-state index is -0.473. The van der Waals surface area contributed by atoms with E-state index >= 15 is 0 Å². The Balaban J connectivity index is 1.95. The van der Waals surface area contributed by atoms with Crippen molar-refractivity contribution >= 4 is 16.9 Å². The molecular formula is C25H27NO4. The number of ether oxygens (including phenoxy) is 1. The highest BCUT2D eigenvalue weighted by Gasteiger charge is 2.42. The minimum Gasteiger partial charge on any atom is -0.494 e. The fraction of sp³-hybridized carbons (Fsp3) is 0.360. The molecule has 1 unspecified atom stereocenters. The summed E-state index contributed by atoms with van der Waals surface area (Å²) in [5, 5.41) is 0.550. The van der Waals surface area contributed by atoms with E-state index in [1.54, 1.807) is 4.90 Å². The third-order valence-electron chi connectivity index (χ3n) is 5.52. The van der Waals surface area contributed by atoms with Crippen molar-refractivity contribution in [2.75, 3.05) is 13.2 Å². The van der Waals surface area contributed by atoms with E-state index in [2.05, 4.69) is 6.92 Å². The topological polar surface area (TPSA) is 59.8 Å². The summed E-state index contributed by atoms with van der Waals surface area (Å²) in [7, 11) is 0. The van der Waals surface area contributed by atoms with E-state index in [9.17, 15) is 9.59 Å². The van der Waals surface area contributed by atoms with Gasteiger partial charge in [0, 0.05) is 6.54 Å². The Morgan fingerprint density at radius 3 is 2.60 bits per heavy atom. The summed E-state index contributed by atoms with van der Waals surface area (Å²) in [5.74, 6) is 0.675. The standard InChI is InChI=1S/C25H27NO4/c1-5-10-26-22(17-8-7-9-18(14-17)29-11-6-2)21-23(27)20-16(4)12-15(3)13-19(20)30-24(21)25(26)28/h7-9,12-14,22H,5-6,10-11H2,1-4H3. The van der Waals surface area contributed by atoms with Crippen LogP contribution in [0.1, 0.15) is 65.5 Å². The van der Waals surface area contributed by atoms with Crippen molar-refractivity contribution < 1.29 is 13.9 Å². The number of nitrogens with zero attached hydrogens (tertiary/aromatic N) is 1. The maximum absolute atomic E-state index is 13.6. The SMILES string of the molecule is CCCOc1cccc(C2c3c(oc4cc(C)cc(C)c4c3=O)C(=O)N2CCC)c1. The fourth-order valence-corrected chi connectivity index (χ4v) is 4.33. The lowest BCUT2D eigenvalue weighted by Gasteiger charge is -2.25. The summed E-state index contributed by atoms with van der Waals surface area (Å²) in [6.07, 6.45) is 1.69. The molecule has 1 aromatic heterocycles. The first kappa shape index (κ1) is 20.2. The monoisotopic (exact) mass is 405 g/mol. The molecule has 3 aromatic rings. The zero-order chi connectivity index (χ0) is 21.4. The first-order valence-corrected chi connectivity index (χ1v) is 10.6. The number of hydrogen-bond acceptors (Lipinski definition) is 4. The molecule has 5 nitrogen and oxygen atoms in total. The van der Waals surface area contributed by atoms with Crippen LogP contribution in [0.5, 0.6) is 5.75 Å². The summed E-state index contributed by atoms with van der Waals surface area (Å²) in [5.41, 5.74) is 3.50. The van der Waals surface area contributed by atoms with Gasteiger partial charge in [0.1, 0.15) is 11.3 Å². The van der Waals surface area contributed by atoms with E-state index in [1.165, 1.54) is 0 Å². The number of carbonyl (C=O) groups excluding carboxylic acids is 1. The van der Waals surface area contributed by atoms with Crippen molar-refractivity contribution in [1.82, 2.24) is 4.90 Å². The Hall–Kier alpha value is -3.08. The number of benzene rings is 2. The van der Waals surface area contributed by atoms with Gasteiger partial charge in [-0.1, -0.05) is 32.0 Å². The molecule has 5 heteroatoms. The summed E-state index contributed by atoms with van der Waals surface area (Å²) >= 11 is 0. The highest BCUT2D eigenvalue weighted by molar-refractivity contribution is 5.99. The van der Waals surface area contributed by atoms with E-state index in [0.29, 0.717) is 29.7 Å². The number of amides is 1. The number of rotatable bonds is 6. The summed E-state index contributed by atoms with van der Waals surface area (Å²) in [6, 6.07) is 11.0. The molecule has 0 bridgehead atoms. The minimum absolute atomic E-state index is 0.124. The second kappa shape index (κ2) is 7.98. The Morgan fingerprint density at radius 2 is 1.87 bits per heavy atom. The second-order valence-electron chi connectivity index (χ2n) is 7.95. The van der Waals surface area contributed by atoms with Crippen molar-refractivity contribution in [3.63, 3.8) is 0 Å². The average molecular weight is 405 g/mol. The van der Waals surface area contributed by atoms with E-state index in [4.69, 9.17) is 9.15 Å². The summed E-state index contributed by atoms with van der Waals surface area (Å²) in [6.45, 7) is 9.10. The number of aryl methyl sites for hydroxylation is 2. The van der Waals surface area contributed by atoms with Crippen LogP contribution in [0.3, 0.4) is 0 Å². The molecule has 0 fully saturated rings. The van der Waals surface area contributed by atoms with Crippen molar-refractivity contribution in [2.24, 2.45) is 0 Å². The zero-order valence-corrected chi connectivity index (χ0v) is 18.0. The van der Waals surface area contributed by atoms with Crippen LogP contribution in [0.15, 0.2) is 45.6 Å². The van der Waals surface area contributed by atoms with Gasteiger partial charge in [-0.25, -0.2) is 0 Å². The van der Waals surface area contributed by atoms with Crippen LogP contribution in [0.4, 0.5) is 0 Å². The second-order valence-corrected chi connectivity index (χ2v) is 7.95. The number of fused-ring (bicyclic) bond motifs is 2. The van der Waals surface area contributed by atoms with Gasteiger partial charge >= 0.3 is 0 Å². The first-order valence-electron chi connectivity index (χ1n) is 10.6. The van der Waals surface area contributed by atoms with E-state index in [1.807, 2.05) is 57.2 Å². The molecule has 0 aliphatic carbocycles. The molecule has 0 saturated heterocycles. The van der Waals surface area contributed by atoms with Crippen LogP contribution in [-0.4, -0.2) is 24.0 Å². The molecular weight excluding hydrogens is 378 g/mol.